The summed E-state index contributed by atoms with van der Waals surface area (Å²) in [6, 6.07) is 0.773. The maximum Gasteiger partial charge on any atom is 0.417 e. The molecule has 108 valence electrons. The number of aromatic amines is 1. The molecule has 0 saturated carbocycles. The van der Waals surface area contributed by atoms with E-state index >= 15 is 0 Å². The lowest BCUT2D eigenvalue weighted by Crippen LogP contribution is -2.06. The van der Waals surface area contributed by atoms with Crippen molar-refractivity contribution in [3.63, 3.8) is 0 Å². The summed E-state index contributed by atoms with van der Waals surface area (Å²) in [6.45, 7) is 3.73. The summed E-state index contributed by atoms with van der Waals surface area (Å²) >= 11 is 5.76. The number of aromatic nitrogens is 3. The van der Waals surface area contributed by atoms with Crippen LogP contribution >= 0.6 is 11.6 Å². The zero-order valence-electron chi connectivity index (χ0n) is 10.7. The lowest BCUT2D eigenvalue weighted by atomic mass is 10.2. The summed E-state index contributed by atoms with van der Waals surface area (Å²) in [7, 11) is 0. The fraction of sp³-hybridized carbons (Fsp3) is 0.333. The van der Waals surface area contributed by atoms with Gasteiger partial charge in [0.15, 0.2) is 0 Å². The number of nitrogens with one attached hydrogen (secondary N) is 1. The van der Waals surface area contributed by atoms with Crippen LogP contribution in [0.15, 0.2) is 12.3 Å². The predicted octanol–water partition coefficient (Wildman–Crippen LogP) is 4.14. The molecule has 2 heterocycles. The average Bonchev–Trinajstić information content (AvgIpc) is 2.71. The molecular formula is C12H11ClF3N3O. The van der Waals surface area contributed by atoms with E-state index < -0.39 is 11.7 Å². The minimum absolute atomic E-state index is 0.110. The molecular weight excluding hydrogens is 295 g/mol. The van der Waals surface area contributed by atoms with Gasteiger partial charge >= 0.3 is 6.18 Å². The fourth-order valence-electron chi connectivity index (χ4n) is 1.68. The van der Waals surface area contributed by atoms with E-state index in [2.05, 4.69) is 15.2 Å². The second-order valence-electron chi connectivity index (χ2n) is 4.10. The molecule has 0 unspecified atom stereocenters. The van der Waals surface area contributed by atoms with Crippen LogP contribution in [-0.2, 0) is 12.6 Å². The maximum absolute atomic E-state index is 12.5. The number of hydrogen-bond donors (Lipinski definition) is 1. The Kier molecular flexibility index (Phi) is 3.89. The molecule has 1 N–H and O–H groups in total. The summed E-state index contributed by atoms with van der Waals surface area (Å²) in [4.78, 5) is 3.60. The van der Waals surface area contributed by atoms with Gasteiger partial charge in [-0.15, -0.1) is 5.10 Å². The molecule has 0 amide bonds. The number of rotatable bonds is 3. The normalized spacial score (nSPS) is 11.7. The van der Waals surface area contributed by atoms with Crippen molar-refractivity contribution in [2.24, 2.45) is 0 Å². The third kappa shape index (κ3) is 2.87. The van der Waals surface area contributed by atoms with Crippen LogP contribution in [-0.4, -0.2) is 15.2 Å². The molecule has 0 saturated heterocycles. The first-order valence-corrected chi connectivity index (χ1v) is 6.15. The maximum atomic E-state index is 12.5. The second kappa shape index (κ2) is 5.32. The fourth-order valence-corrected chi connectivity index (χ4v) is 1.88. The van der Waals surface area contributed by atoms with Crippen molar-refractivity contribution in [2.45, 2.75) is 26.4 Å². The molecule has 0 spiro atoms. The Balaban J connectivity index is 2.30. The van der Waals surface area contributed by atoms with E-state index in [4.69, 9.17) is 16.3 Å². The summed E-state index contributed by atoms with van der Waals surface area (Å²) in [6.07, 6.45) is -3.16. The van der Waals surface area contributed by atoms with E-state index in [9.17, 15) is 13.2 Å². The molecule has 0 aliphatic heterocycles. The van der Waals surface area contributed by atoms with Gasteiger partial charge < -0.3 is 4.74 Å². The van der Waals surface area contributed by atoms with Crippen molar-refractivity contribution < 1.29 is 17.9 Å². The topological polar surface area (TPSA) is 50.8 Å². The molecule has 20 heavy (non-hydrogen) atoms. The van der Waals surface area contributed by atoms with E-state index in [0.29, 0.717) is 12.6 Å². The Bertz CT molecular complexity index is 625. The standard InChI is InChI=1S/C12H11ClF3N3O/c1-3-8-6(2)18-19-10(8)20-11-9(13)4-7(5-17-11)12(14,15)16/h4-5H,3H2,1-2H3,(H,18,19). The van der Waals surface area contributed by atoms with Crippen molar-refractivity contribution in [2.75, 3.05) is 0 Å². The van der Waals surface area contributed by atoms with E-state index in [1.807, 2.05) is 13.8 Å². The highest BCUT2D eigenvalue weighted by Gasteiger charge is 2.32. The van der Waals surface area contributed by atoms with Gasteiger partial charge in [-0.05, 0) is 19.4 Å². The monoisotopic (exact) mass is 305 g/mol. The SMILES string of the molecule is CCc1c(Oc2ncc(C(F)(F)F)cc2Cl)n[nH]c1C. The largest absolute Gasteiger partial charge is 0.417 e. The van der Waals surface area contributed by atoms with Crippen LogP contribution in [0.4, 0.5) is 13.2 Å². The van der Waals surface area contributed by atoms with Gasteiger partial charge in [0.25, 0.3) is 0 Å². The quantitative estimate of drug-likeness (QED) is 0.927. The van der Waals surface area contributed by atoms with Crippen LogP contribution in [0.3, 0.4) is 0 Å². The molecule has 0 radical (unpaired) electrons. The number of pyridine rings is 1. The number of aryl methyl sites for hydroxylation is 1. The van der Waals surface area contributed by atoms with Crippen molar-refractivity contribution in [1.29, 1.82) is 0 Å². The van der Waals surface area contributed by atoms with Crippen molar-refractivity contribution in [3.05, 3.63) is 34.1 Å². The Labute approximate surface area is 117 Å². The molecule has 0 aliphatic rings. The third-order valence-electron chi connectivity index (χ3n) is 2.72. The van der Waals surface area contributed by atoms with Crippen molar-refractivity contribution in [3.8, 4) is 11.8 Å². The molecule has 2 aromatic heterocycles. The molecule has 2 aromatic rings. The van der Waals surface area contributed by atoms with Gasteiger partial charge in [0, 0.05) is 17.5 Å². The van der Waals surface area contributed by atoms with E-state index in [-0.39, 0.29) is 16.8 Å². The van der Waals surface area contributed by atoms with Crippen LogP contribution in [0, 0.1) is 6.92 Å². The average molecular weight is 306 g/mol. The first-order valence-electron chi connectivity index (χ1n) is 5.77. The molecule has 0 fully saturated rings. The summed E-state index contributed by atoms with van der Waals surface area (Å²) in [5, 5.41) is 6.44. The first-order chi connectivity index (χ1) is 9.32. The van der Waals surface area contributed by atoms with Crippen molar-refractivity contribution in [1.82, 2.24) is 15.2 Å². The predicted molar refractivity (Wildman–Crippen MR) is 67.0 cm³/mol. The number of hydrogen-bond acceptors (Lipinski definition) is 3. The molecule has 0 aromatic carbocycles. The van der Waals surface area contributed by atoms with E-state index in [1.165, 1.54) is 0 Å². The Morgan fingerprint density at radius 1 is 1.35 bits per heavy atom. The van der Waals surface area contributed by atoms with Gasteiger partial charge in [-0.3, -0.25) is 5.10 Å². The minimum atomic E-state index is -4.49. The minimum Gasteiger partial charge on any atom is -0.417 e. The van der Waals surface area contributed by atoms with Crippen LogP contribution < -0.4 is 4.74 Å². The Morgan fingerprint density at radius 2 is 2.05 bits per heavy atom. The smallest absolute Gasteiger partial charge is 0.417 e. The van der Waals surface area contributed by atoms with Crippen LogP contribution in [0.1, 0.15) is 23.7 Å². The summed E-state index contributed by atoms with van der Waals surface area (Å²) < 4.78 is 42.8. The van der Waals surface area contributed by atoms with Gasteiger partial charge in [-0.25, -0.2) is 4.98 Å². The van der Waals surface area contributed by atoms with Gasteiger partial charge in [0.1, 0.15) is 5.02 Å². The zero-order valence-corrected chi connectivity index (χ0v) is 11.4. The van der Waals surface area contributed by atoms with E-state index in [1.54, 1.807) is 0 Å². The number of alkyl halides is 3. The molecule has 0 atom stereocenters. The van der Waals surface area contributed by atoms with Crippen LogP contribution in [0.25, 0.3) is 0 Å². The van der Waals surface area contributed by atoms with Crippen LogP contribution in [0.5, 0.6) is 11.8 Å². The van der Waals surface area contributed by atoms with E-state index in [0.717, 1.165) is 17.3 Å². The second-order valence-corrected chi connectivity index (χ2v) is 4.50. The number of ether oxygens (including phenoxy) is 1. The molecule has 8 heteroatoms. The highest BCUT2D eigenvalue weighted by Crippen LogP contribution is 2.35. The van der Waals surface area contributed by atoms with Crippen LogP contribution in [0.2, 0.25) is 5.02 Å². The van der Waals surface area contributed by atoms with Gasteiger partial charge in [-0.1, -0.05) is 18.5 Å². The molecule has 2 rings (SSSR count). The lowest BCUT2D eigenvalue weighted by Gasteiger charge is -2.09. The molecule has 4 nitrogen and oxygen atoms in total. The van der Waals surface area contributed by atoms with Crippen molar-refractivity contribution >= 4 is 11.6 Å². The Hall–Kier alpha value is -1.76. The van der Waals surface area contributed by atoms with Gasteiger partial charge in [0.05, 0.1) is 5.56 Å². The summed E-state index contributed by atoms with van der Waals surface area (Å²) in [5.41, 5.74) is 0.720. The Morgan fingerprint density at radius 3 is 2.60 bits per heavy atom. The highest BCUT2D eigenvalue weighted by molar-refractivity contribution is 6.31. The zero-order chi connectivity index (χ0) is 14.9. The number of nitrogens with zero attached hydrogens (tertiary/aromatic N) is 2. The van der Waals surface area contributed by atoms with Gasteiger partial charge in [0.2, 0.25) is 11.8 Å². The lowest BCUT2D eigenvalue weighted by molar-refractivity contribution is -0.137. The number of halogens is 4. The summed E-state index contributed by atoms with van der Waals surface area (Å²) in [5.74, 6) is 0.153. The van der Waals surface area contributed by atoms with Gasteiger partial charge in [-0.2, -0.15) is 13.2 Å². The third-order valence-corrected chi connectivity index (χ3v) is 2.99. The highest BCUT2D eigenvalue weighted by atomic mass is 35.5. The molecule has 0 bridgehead atoms. The first kappa shape index (κ1) is 14.6. The number of H-pyrrole nitrogens is 1. The molecule has 0 aliphatic carbocycles.